The monoisotopic (exact) mass is 589 g/mol. The Bertz CT molecular complexity index is 1220. The van der Waals surface area contributed by atoms with Gasteiger partial charge >= 0.3 is 0 Å². The Morgan fingerprint density at radius 1 is 1.10 bits per heavy atom. The van der Waals surface area contributed by atoms with Crippen LogP contribution >= 0.6 is 0 Å². The lowest BCUT2D eigenvalue weighted by Gasteiger charge is -2.41. The summed E-state index contributed by atoms with van der Waals surface area (Å²) in [5.41, 5.74) is 1.86. The molecule has 6 rings (SSSR count). The van der Waals surface area contributed by atoms with Crippen LogP contribution in [0.15, 0.2) is 60.4 Å². The van der Waals surface area contributed by atoms with Gasteiger partial charge in [-0.2, -0.15) is 5.26 Å². The molecule has 1 aromatic rings. The lowest BCUT2D eigenvalue weighted by Crippen LogP contribution is -2.44. The number of hydrogen-bond donors (Lipinski definition) is 0. The van der Waals surface area contributed by atoms with Gasteiger partial charge in [-0.05, 0) is 78.8 Å². The first kappa shape index (κ1) is 31.1. The van der Waals surface area contributed by atoms with Gasteiger partial charge in [-0.15, -0.1) is 6.58 Å². The largest absolute Gasteiger partial charge is 0.490 e. The van der Waals surface area contributed by atoms with Crippen molar-refractivity contribution in [3.8, 4) is 11.8 Å². The second-order valence-corrected chi connectivity index (χ2v) is 19.5. The van der Waals surface area contributed by atoms with Crippen LogP contribution in [0.25, 0.3) is 0 Å². The van der Waals surface area contributed by atoms with Crippen molar-refractivity contribution in [1.29, 1.82) is 5.26 Å². The third-order valence-corrected chi connectivity index (χ3v) is 15.6. The van der Waals surface area contributed by atoms with Crippen molar-refractivity contribution in [2.45, 2.75) is 90.1 Å². The SMILES string of the molecule is C=C[C@H]1C=C[C@H]2[C@@H]3C[C@H](C)CC[C@H]3[C@@H]3Oc4ccc(cc4)C[C@@H](O[Si](C)(C)C(C)(C)C)CC(C#N)=C(OCOC)[C@@H]1[C@H]23. The van der Waals surface area contributed by atoms with Crippen molar-refractivity contribution in [1.82, 2.24) is 0 Å². The molecule has 42 heavy (non-hydrogen) atoms. The van der Waals surface area contributed by atoms with Gasteiger partial charge in [-0.3, -0.25) is 0 Å². The number of nitrogens with zero attached hydrogens (tertiary/aromatic N) is 1. The Balaban J connectivity index is 1.67. The van der Waals surface area contributed by atoms with Crippen molar-refractivity contribution in [3.63, 3.8) is 0 Å². The maximum atomic E-state index is 10.8. The Hall–Kier alpha value is -2.33. The number of hydrogen-bond acceptors (Lipinski definition) is 5. The molecule has 1 aromatic carbocycles. The molecule has 0 N–H and O–H groups in total. The van der Waals surface area contributed by atoms with E-state index in [1.54, 1.807) is 7.11 Å². The highest BCUT2D eigenvalue weighted by molar-refractivity contribution is 6.74. The number of nitriles is 1. The quantitative estimate of drug-likeness (QED) is 0.189. The van der Waals surface area contributed by atoms with Gasteiger partial charge < -0.3 is 18.6 Å². The van der Waals surface area contributed by atoms with Crippen LogP contribution in [0.5, 0.6) is 5.75 Å². The summed E-state index contributed by atoms with van der Waals surface area (Å²) in [7, 11) is -0.480. The maximum absolute atomic E-state index is 10.8. The normalized spacial score (nSPS) is 34.7. The number of allylic oxidation sites excluding steroid dienone is 4. The molecular formula is C36H51NO4Si. The molecule has 2 fully saturated rings. The van der Waals surface area contributed by atoms with Crippen molar-refractivity contribution in [2.75, 3.05) is 13.9 Å². The summed E-state index contributed by atoms with van der Waals surface area (Å²) in [6.45, 7) is 18.1. The molecule has 5 nitrogen and oxygen atoms in total. The molecule has 0 unspecified atom stereocenters. The molecule has 5 aliphatic rings. The second-order valence-electron chi connectivity index (χ2n) is 14.8. The highest BCUT2D eigenvalue weighted by Crippen LogP contribution is 2.59. The molecule has 2 bridgehead atoms. The second kappa shape index (κ2) is 12.3. The lowest BCUT2D eigenvalue weighted by atomic mass is 9.67. The van der Waals surface area contributed by atoms with E-state index in [1.807, 2.05) is 6.08 Å². The van der Waals surface area contributed by atoms with Gasteiger partial charge in [0.2, 0.25) is 0 Å². The summed E-state index contributed by atoms with van der Waals surface area (Å²) in [4.78, 5) is 0. The fraction of sp³-hybridized carbons (Fsp3) is 0.639. The maximum Gasteiger partial charge on any atom is 0.192 e. The number of rotatable bonds is 6. The van der Waals surface area contributed by atoms with Crippen LogP contribution in [0.4, 0.5) is 0 Å². The van der Waals surface area contributed by atoms with Crippen LogP contribution < -0.4 is 4.74 Å². The Morgan fingerprint density at radius 3 is 2.48 bits per heavy atom. The van der Waals surface area contributed by atoms with Gasteiger partial charge in [0.15, 0.2) is 15.1 Å². The van der Waals surface area contributed by atoms with E-state index in [4.69, 9.17) is 18.6 Å². The Morgan fingerprint density at radius 2 is 1.83 bits per heavy atom. The summed E-state index contributed by atoms with van der Waals surface area (Å²) in [5.74, 6) is 3.94. The molecule has 0 aromatic heterocycles. The van der Waals surface area contributed by atoms with E-state index in [0.29, 0.717) is 35.7 Å². The van der Waals surface area contributed by atoms with Gasteiger partial charge in [0.25, 0.3) is 0 Å². The lowest BCUT2D eigenvalue weighted by molar-refractivity contribution is -0.0257. The molecular weight excluding hydrogens is 538 g/mol. The van der Waals surface area contributed by atoms with E-state index < -0.39 is 8.32 Å². The third kappa shape index (κ3) is 6.03. The summed E-state index contributed by atoms with van der Waals surface area (Å²) in [6, 6.07) is 11.3. The zero-order valence-corrected chi connectivity index (χ0v) is 27.8. The molecule has 9 atom stereocenters. The van der Waals surface area contributed by atoms with E-state index in [2.05, 4.69) is 89.9 Å². The molecule has 0 saturated heterocycles. The molecule has 0 amide bonds. The summed E-state index contributed by atoms with van der Waals surface area (Å²) < 4.78 is 26.0. The van der Waals surface area contributed by atoms with Crippen molar-refractivity contribution >= 4 is 8.32 Å². The fourth-order valence-electron chi connectivity index (χ4n) is 7.99. The van der Waals surface area contributed by atoms with E-state index in [9.17, 15) is 5.26 Å². The summed E-state index contributed by atoms with van der Waals surface area (Å²) >= 11 is 0. The highest BCUT2D eigenvalue weighted by Gasteiger charge is 2.58. The van der Waals surface area contributed by atoms with E-state index in [-0.39, 0.29) is 41.8 Å². The number of benzene rings is 1. The van der Waals surface area contributed by atoms with Crippen molar-refractivity contribution < 1.29 is 18.6 Å². The van der Waals surface area contributed by atoms with Gasteiger partial charge in [0.05, 0.1) is 17.7 Å². The van der Waals surface area contributed by atoms with Gasteiger partial charge in [0.1, 0.15) is 17.6 Å². The fourth-order valence-corrected chi connectivity index (χ4v) is 9.34. The first-order valence-electron chi connectivity index (χ1n) is 16.0. The van der Waals surface area contributed by atoms with Crippen molar-refractivity contribution in [3.05, 3.63) is 66.0 Å². The van der Waals surface area contributed by atoms with Crippen LogP contribution in [0, 0.1) is 52.8 Å². The topological polar surface area (TPSA) is 60.7 Å². The number of methoxy groups -OCH3 is 1. The van der Waals surface area contributed by atoms with Gasteiger partial charge in [-0.25, -0.2) is 0 Å². The molecule has 2 heterocycles. The minimum atomic E-state index is -2.12. The van der Waals surface area contributed by atoms with E-state index in [0.717, 1.165) is 17.9 Å². The van der Waals surface area contributed by atoms with Crippen LogP contribution in [-0.2, 0) is 20.3 Å². The molecule has 2 saturated carbocycles. The Labute approximate surface area is 255 Å². The first-order chi connectivity index (χ1) is 20.0. The Kier molecular flexibility index (Phi) is 9.14. The molecule has 6 heteroatoms. The van der Waals surface area contributed by atoms with E-state index >= 15 is 0 Å². The third-order valence-electron chi connectivity index (χ3n) is 11.0. The average Bonchev–Trinajstić information content (AvgIpc) is 3.25. The smallest absolute Gasteiger partial charge is 0.192 e. The average molecular weight is 590 g/mol. The number of fused-ring (bicyclic) bond motifs is 7. The summed E-state index contributed by atoms with van der Waals surface area (Å²) in [5, 5.41) is 10.8. The van der Waals surface area contributed by atoms with Crippen LogP contribution in [-0.4, -0.2) is 34.4 Å². The van der Waals surface area contributed by atoms with Crippen molar-refractivity contribution in [2.24, 2.45) is 41.4 Å². The van der Waals surface area contributed by atoms with Crippen LogP contribution in [0.2, 0.25) is 18.1 Å². The summed E-state index contributed by atoms with van der Waals surface area (Å²) in [6.07, 6.45) is 11.5. The molecule has 2 aliphatic heterocycles. The van der Waals surface area contributed by atoms with Gasteiger partial charge in [0, 0.05) is 31.3 Å². The zero-order valence-electron chi connectivity index (χ0n) is 26.8. The number of ether oxygens (including phenoxy) is 3. The minimum Gasteiger partial charge on any atom is -0.490 e. The van der Waals surface area contributed by atoms with E-state index in [1.165, 1.54) is 24.8 Å². The zero-order chi connectivity index (χ0) is 30.2. The molecule has 3 aliphatic carbocycles. The highest BCUT2D eigenvalue weighted by atomic mass is 28.4. The minimum absolute atomic E-state index is 0.0387. The van der Waals surface area contributed by atoms with Crippen LogP contribution in [0.1, 0.15) is 58.9 Å². The predicted octanol–water partition coefficient (Wildman–Crippen LogP) is 8.46. The standard InChI is InChI=1S/C36H51NO4Si/c1-9-25-13-17-29-31-18-23(2)10-16-30(31)35-33(29)32(25)34(39-22-38-6)26(21-37)20-28(41-42(7,8)36(3,4)5)19-24-11-14-27(40-35)15-12-24/h9,11-15,17,23,25,28-33,35H,1,10,16,18-20,22H2,2-8H3/t23-,25+,28-,29+,30-,31+,32+,33+,35+/m1/s1. The molecule has 228 valence electrons. The first-order valence-corrected chi connectivity index (χ1v) is 18.9. The predicted molar refractivity (Wildman–Crippen MR) is 170 cm³/mol. The van der Waals surface area contributed by atoms with Crippen LogP contribution in [0.3, 0.4) is 0 Å². The van der Waals surface area contributed by atoms with Gasteiger partial charge in [-0.1, -0.05) is 64.5 Å². The molecule has 0 spiro atoms. The molecule has 0 radical (unpaired) electrons.